The molecular formula is C13H17N5O7. The zero-order valence-corrected chi connectivity index (χ0v) is 13.0. The Bertz CT molecular complexity index is 893. The lowest BCUT2D eigenvalue weighted by atomic mass is 10.1. The summed E-state index contributed by atoms with van der Waals surface area (Å²) in [4.78, 5) is 20.7. The van der Waals surface area contributed by atoms with Crippen molar-refractivity contribution < 1.29 is 30.3 Å². The van der Waals surface area contributed by atoms with Gasteiger partial charge in [-0.1, -0.05) is 0 Å². The van der Waals surface area contributed by atoms with Crippen LogP contribution in [-0.2, 0) is 4.74 Å². The number of aliphatic hydroxyl groups is 5. The topological polar surface area (TPSA) is 175 Å². The minimum Gasteiger partial charge on any atom is -0.394 e. The van der Waals surface area contributed by atoms with Crippen molar-refractivity contribution in [3.8, 4) is 0 Å². The molecule has 0 radical (unpaired) electrons. The lowest BCUT2D eigenvalue weighted by Crippen LogP contribution is -2.38. The second-order valence-corrected chi connectivity index (χ2v) is 6.31. The first-order chi connectivity index (χ1) is 11.8. The molecule has 4 heterocycles. The van der Waals surface area contributed by atoms with Gasteiger partial charge in [-0.3, -0.25) is 9.36 Å². The molecule has 2 aliphatic heterocycles. The molecule has 12 heteroatoms. The highest BCUT2D eigenvalue weighted by Crippen LogP contribution is 2.33. The van der Waals surface area contributed by atoms with Crippen LogP contribution in [-0.4, -0.2) is 75.3 Å². The number of imidazole rings is 1. The SMILES string of the molecule is C[C@]1(O)Nc2nc3c(ncn3[C@H]3O[C@@H](CO)[C@@H](O)[C@H]3O)c(=O)n2[C@@H]1O. The Morgan fingerprint density at radius 1 is 1.36 bits per heavy atom. The van der Waals surface area contributed by atoms with Gasteiger partial charge in [0.25, 0.3) is 5.56 Å². The van der Waals surface area contributed by atoms with Gasteiger partial charge in [-0.05, 0) is 6.92 Å². The summed E-state index contributed by atoms with van der Waals surface area (Å²) < 4.78 is 7.54. The number of fused-ring (bicyclic) bond motifs is 2. The molecule has 6 N–H and O–H groups in total. The standard InChI is InChI=1S/C13H17N5O7/c1-13(24)11(23)18-9(22)5-8(15-12(18)16-13)17(3-14-5)10-7(21)6(20)4(2-19)25-10/h3-4,6-7,10-11,19-21,23-24H,2H2,1H3,(H,15,16)/t4-,6+,7+,10-,11+,13+/m0/s1. The molecule has 2 aromatic rings. The first kappa shape index (κ1) is 16.4. The van der Waals surface area contributed by atoms with Gasteiger partial charge in [0.2, 0.25) is 5.95 Å². The largest absolute Gasteiger partial charge is 0.394 e. The molecule has 0 aromatic carbocycles. The molecular weight excluding hydrogens is 338 g/mol. The number of aliphatic hydroxyl groups excluding tert-OH is 4. The third kappa shape index (κ3) is 2.13. The van der Waals surface area contributed by atoms with Crippen molar-refractivity contribution in [2.75, 3.05) is 11.9 Å². The quantitative estimate of drug-likeness (QED) is 0.322. The fraction of sp³-hybridized carbons (Fsp3) is 0.615. The van der Waals surface area contributed by atoms with Crippen LogP contribution in [0.25, 0.3) is 11.2 Å². The fourth-order valence-electron chi connectivity index (χ4n) is 3.13. The van der Waals surface area contributed by atoms with Crippen molar-refractivity contribution in [2.24, 2.45) is 0 Å². The van der Waals surface area contributed by atoms with Crippen LogP contribution in [0.5, 0.6) is 0 Å². The predicted octanol–water partition coefficient (Wildman–Crippen LogP) is -3.17. The van der Waals surface area contributed by atoms with E-state index in [0.717, 1.165) is 4.57 Å². The van der Waals surface area contributed by atoms with Crippen LogP contribution in [0.3, 0.4) is 0 Å². The second-order valence-electron chi connectivity index (χ2n) is 6.31. The van der Waals surface area contributed by atoms with Crippen molar-refractivity contribution in [3.63, 3.8) is 0 Å². The maximum absolute atomic E-state index is 12.6. The maximum Gasteiger partial charge on any atom is 0.285 e. The summed E-state index contributed by atoms with van der Waals surface area (Å²) in [6.45, 7) is 0.785. The van der Waals surface area contributed by atoms with Crippen LogP contribution in [0.4, 0.5) is 5.95 Å². The number of ether oxygens (including phenoxy) is 1. The molecule has 0 unspecified atom stereocenters. The van der Waals surface area contributed by atoms with E-state index in [4.69, 9.17) is 4.74 Å². The van der Waals surface area contributed by atoms with Crippen molar-refractivity contribution in [1.82, 2.24) is 19.1 Å². The highest BCUT2D eigenvalue weighted by molar-refractivity contribution is 5.72. The first-order valence-electron chi connectivity index (χ1n) is 7.56. The van der Waals surface area contributed by atoms with E-state index in [-0.39, 0.29) is 17.1 Å². The smallest absolute Gasteiger partial charge is 0.285 e. The number of rotatable bonds is 2. The molecule has 4 rings (SSSR count). The second kappa shape index (κ2) is 5.20. The van der Waals surface area contributed by atoms with Gasteiger partial charge in [0.15, 0.2) is 29.3 Å². The summed E-state index contributed by atoms with van der Waals surface area (Å²) in [5, 5.41) is 51.9. The summed E-state index contributed by atoms with van der Waals surface area (Å²) in [7, 11) is 0. The van der Waals surface area contributed by atoms with E-state index < -0.39 is 48.7 Å². The zero-order valence-electron chi connectivity index (χ0n) is 13.0. The van der Waals surface area contributed by atoms with Crippen LogP contribution < -0.4 is 10.9 Å². The minimum atomic E-state index is -1.79. The number of hydrogen-bond donors (Lipinski definition) is 6. The molecule has 136 valence electrons. The Balaban J connectivity index is 1.85. The Morgan fingerprint density at radius 3 is 2.72 bits per heavy atom. The molecule has 0 spiro atoms. The number of nitrogens with one attached hydrogen (secondary N) is 1. The number of hydrogen-bond acceptors (Lipinski definition) is 10. The summed E-state index contributed by atoms with van der Waals surface area (Å²) in [5.74, 6) is -0.0801. The molecule has 0 aliphatic carbocycles. The summed E-state index contributed by atoms with van der Waals surface area (Å²) in [5.41, 5.74) is -2.56. The summed E-state index contributed by atoms with van der Waals surface area (Å²) in [6.07, 6.45) is -5.13. The van der Waals surface area contributed by atoms with Gasteiger partial charge in [-0.15, -0.1) is 0 Å². The van der Waals surface area contributed by atoms with Gasteiger partial charge < -0.3 is 35.6 Å². The van der Waals surface area contributed by atoms with Gasteiger partial charge in [-0.25, -0.2) is 9.55 Å². The summed E-state index contributed by atoms with van der Waals surface area (Å²) >= 11 is 0. The molecule has 0 bridgehead atoms. The average Bonchev–Trinajstić information content (AvgIpc) is 3.16. The Morgan fingerprint density at radius 2 is 2.08 bits per heavy atom. The number of nitrogens with zero attached hydrogens (tertiary/aromatic N) is 4. The van der Waals surface area contributed by atoms with E-state index in [1.165, 1.54) is 17.8 Å². The summed E-state index contributed by atoms with van der Waals surface area (Å²) in [6, 6.07) is 0. The monoisotopic (exact) mass is 355 g/mol. The molecule has 0 saturated carbocycles. The molecule has 25 heavy (non-hydrogen) atoms. The van der Waals surface area contributed by atoms with E-state index >= 15 is 0 Å². The molecule has 6 atom stereocenters. The molecule has 1 fully saturated rings. The van der Waals surface area contributed by atoms with Crippen molar-refractivity contribution in [2.45, 2.75) is 43.4 Å². The third-order valence-electron chi connectivity index (χ3n) is 4.53. The Labute approximate surface area is 139 Å². The van der Waals surface area contributed by atoms with E-state index in [9.17, 15) is 30.3 Å². The molecule has 2 aromatic heterocycles. The molecule has 2 aliphatic rings. The fourth-order valence-corrected chi connectivity index (χ4v) is 3.13. The third-order valence-corrected chi connectivity index (χ3v) is 4.53. The van der Waals surface area contributed by atoms with Crippen molar-refractivity contribution in [3.05, 3.63) is 16.7 Å². The van der Waals surface area contributed by atoms with E-state index in [0.29, 0.717) is 0 Å². The Hall–Kier alpha value is -2.09. The van der Waals surface area contributed by atoms with Gasteiger partial charge in [0.1, 0.15) is 18.3 Å². The van der Waals surface area contributed by atoms with E-state index in [1.54, 1.807) is 0 Å². The zero-order chi connectivity index (χ0) is 18.1. The van der Waals surface area contributed by atoms with Crippen LogP contribution in [0.1, 0.15) is 19.4 Å². The van der Waals surface area contributed by atoms with Crippen molar-refractivity contribution >= 4 is 17.1 Å². The van der Waals surface area contributed by atoms with Crippen LogP contribution >= 0.6 is 0 Å². The average molecular weight is 355 g/mol. The molecule has 1 saturated heterocycles. The van der Waals surface area contributed by atoms with Crippen LogP contribution in [0.15, 0.2) is 11.1 Å². The van der Waals surface area contributed by atoms with Gasteiger partial charge in [0, 0.05) is 0 Å². The predicted molar refractivity (Wildman–Crippen MR) is 80.3 cm³/mol. The van der Waals surface area contributed by atoms with Crippen LogP contribution in [0.2, 0.25) is 0 Å². The van der Waals surface area contributed by atoms with Gasteiger partial charge >= 0.3 is 0 Å². The first-order valence-corrected chi connectivity index (χ1v) is 7.56. The number of anilines is 1. The molecule has 0 amide bonds. The Kier molecular flexibility index (Phi) is 3.41. The molecule has 12 nitrogen and oxygen atoms in total. The van der Waals surface area contributed by atoms with E-state index in [1.807, 2.05) is 0 Å². The normalized spacial score (nSPS) is 37.4. The van der Waals surface area contributed by atoms with Gasteiger partial charge in [0.05, 0.1) is 12.9 Å². The number of aromatic nitrogens is 4. The van der Waals surface area contributed by atoms with Crippen LogP contribution in [0, 0.1) is 0 Å². The lowest BCUT2D eigenvalue weighted by Gasteiger charge is -2.20. The highest BCUT2D eigenvalue weighted by atomic mass is 16.6. The van der Waals surface area contributed by atoms with Gasteiger partial charge in [-0.2, -0.15) is 4.98 Å². The highest BCUT2D eigenvalue weighted by Gasteiger charge is 2.45. The minimum absolute atomic E-state index is 0.0310. The maximum atomic E-state index is 12.6. The van der Waals surface area contributed by atoms with E-state index in [2.05, 4.69) is 15.3 Å². The van der Waals surface area contributed by atoms with Crippen molar-refractivity contribution in [1.29, 1.82) is 0 Å². The lowest BCUT2D eigenvalue weighted by molar-refractivity contribution is -0.0676.